The van der Waals surface area contributed by atoms with Gasteiger partial charge in [0.1, 0.15) is 0 Å². The molecule has 0 saturated heterocycles. The van der Waals surface area contributed by atoms with Crippen molar-refractivity contribution in [2.75, 3.05) is 0 Å². The second-order valence-electron chi connectivity index (χ2n) is 4.79. The number of hydrogen-bond donors (Lipinski definition) is 1. The first kappa shape index (κ1) is 8.76. The smallest absolute Gasteiger partial charge is 0.0924 e. The van der Waals surface area contributed by atoms with Crippen LogP contribution in [0.25, 0.3) is 0 Å². The van der Waals surface area contributed by atoms with E-state index in [4.69, 9.17) is 0 Å². The average molecular weight is 176 g/mol. The molecule has 1 aromatic rings. The molecular weight excluding hydrogens is 160 g/mol. The highest BCUT2D eigenvalue weighted by molar-refractivity contribution is 5.39. The van der Waals surface area contributed by atoms with Crippen LogP contribution in [0.1, 0.15) is 31.9 Å². The maximum absolute atomic E-state index is 10.4. The molecule has 0 saturated carbocycles. The molecule has 70 valence electrons. The van der Waals surface area contributed by atoms with Crippen molar-refractivity contribution in [2.24, 2.45) is 5.41 Å². The van der Waals surface area contributed by atoms with E-state index in [0.29, 0.717) is 0 Å². The molecule has 0 spiro atoms. The molecule has 1 atom stereocenters. The standard InChI is InChI=1S/C12H16O/c1-11(2)8-9-6-4-5-7-10(9)12(11,3)13/h4-7,13H,8H2,1-3H3. The monoisotopic (exact) mass is 176 g/mol. The van der Waals surface area contributed by atoms with Gasteiger partial charge < -0.3 is 5.11 Å². The molecule has 0 heterocycles. The van der Waals surface area contributed by atoms with Gasteiger partial charge in [0, 0.05) is 5.41 Å². The first-order valence-electron chi connectivity index (χ1n) is 4.76. The van der Waals surface area contributed by atoms with E-state index in [0.717, 1.165) is 12.0 Å². The van der Waals surface area contributed by atoms with Crippen molar-refractivity contribution >= 4 is 0 Å². The van der Waals surface area contributed by atoms with Crippen molar-refractivity contribution in [3.8, 4) is 0 Å². The molecule has 13 heavy (non-hydrogen) atoms. The molecular formula is C12H16O. The number of rotatable bonds is 0. The second-order valence-corrected chi connectivity index (χ2v) is 4.79. The van der Waals surface area contributed by atoms with Crippen LogP contribution < -0.4 is 0 Å². The lowest BCUT2D eigenvalue weighted by Crippen LogP contribution is -2.34. The van der Waals surface area contributed by atoms with Gasteiger partial charge in [0.05, 0.1) is 5.60 Å². The zero-order chi connectivity index (χ0) is 9.69. The molecule has 0 aromatic heterocycles. The number of aliphatic hydroxyl groups is 1. The Hall–Kier alpha value is -0.820. The van der Waals surface area contributed by atoms with Gasteiger partial charge in [-0.2, -0.15) is 0 Å². The summed E-state index contributed by atoms with van der Waals surface area (Å²) in [5.41, 5.74) is 1.66. The Morgan fingerprint density at radius 2 is 1.77 bits per heavy atom. The summed E-state index contributed by atoms with van der Waals surface area (Å²) in [7, 11) is 0. The third-order valence-corrected chi connectivity index (χ3v) is 3.49. The lowest BCUT2D eigenvalue weighted by molar-refractivity contribution is -0.0419. The van der Waals surface area contributed by atoms with E-state index >= 15 is 0 Å². The van der Waals surface area contributed by atoms with Gasteiger partial charge in [-0.25, -0.2) is 0 Å². The fourth-order valence-corrected chi connectivity index (χ4v) is 2.16. The van der Waals surface area contributed by atoms with Crippen molar-refractivity contribution in [3.05, 3.63) is 35.4 Å². The normalized spacial score (nSPS) is 30.2. The van der Waals surface area contributed by atoms with Crippen molar-refractivity contribution < 1.29 is 5.11 Å². The minimum absolute atomic E-state index is 0.0450. The summed E-state index contributed by atoms with van der Waals surface area (Å²) >= 11 is 0. The van der Waals surface area contributed by atoms with Crippen LogP contribution in [-0.4, -0.2) is 5.11 Å². The van der Waals surface area contributed by atoms with E-state index in [1.807, 2.05) is 25.1 Å². The van der Waals surface area contributed by atoms with Crippen molar-refractivity contribution in [3.63, 3.8) is 0 Å². The zero-order valence-electron chi connectivity index (χ0n) is 8.46. The summed E-state index contributed by atoms with van der Waals surface area (Å²) in [5, 5.41) is 10.4. The van der Waals surface area contributed by atoms with Crippen LogP contribution in [0.15, 0.2) is 24.3 Å². The Kier molecular flexibility index (Phi) is 1.59. The third kappa shape index (κ3) is 1.03. The first-order chi connectivity index (χ1) is 5.95. The van der Waals surface area contributed by atoms with E-state index in [1.165, 1.54) is 5.56 Å². The minimum atomic E-state index is -0.677. The second kappa shape index (κ2) is 2.36. The van der Waals surface area contributed by atoms with Crippen LogP contribution in [0.2, 0.25) is 0 Å². The van der Waals surface area contributed by atoms with Gasteiger partial charge in [0.2, 0.25) is 0 Å². The van der Waals surface area contributed by atoms with Crippen LogP contribution in [0, 0.1) is 5.41 Å². The van der Waals surface area contributed by atoms with Crippen molar-refractivity contribution in [2.45, 2.75) is 32.8 Å². The molecule has 1 unspecified atom stereocenters. The van der Waals surface area contributed by atoms with Crippen LogP contribution in [-0.2, 0) is 12.0 Å². The average Bonchev–Trinajstić information content (AvgIpc) is 2.20. The predicted molar refractivity (Wildman–Crippen MR) is 53.5 cm³/mol. The molecule has 1 aromatic carbocycles. The van der Waals surface area contributed by atoms with Gasteiger partial charge in [-0.3, -0.25) is 0 Å². The molecule has 1 aliphatic carbocycles. The Morgan fingerprint density at radius 1 is 1.15 bits per heavy atom. The summed E-state index contributed by atoms with van der Waals surface area (Å²) in [6, 6.07) is 8.17. The predicted octanol–water partition coefficient (Wildman–Crippen LogP) is 2.48. The molecule has 0 radical (unpaired) electrons. The van der Waals surface area contributed by atoms with Gasteiger partial charge in [0.15, 0.2) is 0 Å². The summed E-state index contributed by atoms with van der Waals surface area (Å²) in [4.78, 5) is 0. The molecule has 1 heteroatoms. The van der Waals surface area contributed by atoms with Crippen molar-refractivity contribution in [1.82, 2.24) is 0 Å². The van der Waals surface area contributed by atoms with Gasteiger partial charge in [-0.1, -0.05) is 38.1 Å². The summed E-state index contributed by atoms with van der Waals surface area (Å²) < 4.78 is 0. The zero-order valence-corrected chi connectivity index (χ0v) is 8.46. The third-order valence-electron chi connectivity index (χ3n) is 3.49. The van der Waals surface area contributed by atoms with E-state index in [2.05, 4.69) is 19.9 Å². The number of hydrogen-bond acceptors (Lipinski definition) is 1. The van der Waals surface area contributed by atoms with Gasteiger partial charge in [0.25, 0.3) is 0 Å². The number of benzene rings is 1. The molecule has 0 aliphatic heterocycles. The maximum atomic E-state index is 10.4. The minimum Gasteiger partial charge on any atom is -0.385 e. The number of fused-ring (bicyclic) bond motifs is 1. The molecule has 0 bridgehead atoms. The van der Waals surface area contributed by atoms with Crippen LogP contribution in [0.4, 0.5) is 0 Å². The fraction of sp³-hybridized carbons (Fsp3) is 0.500. The maximum Gasteiger partial charge on any atom is 0.0924 e. The van der Waals surface area contributed by atoms with E-state index in [9.17, 15) is 5.11 Å². The first-order valence-corrected chi connectivity index (χ1v) is 4.76. The van der Waals surface area contributed by atoms with Crippen LogP contribution in [0.5, 0.6) is 0 Å². The Labute approximate surface area is 79.4 Å². The topological polar surface area (TPSA) is 20.2 Å². The molecule has 2 rings (SSSR count). The Balaban J connectivity index is 2.60. The highest BCUT2D eigenvalue weighted by Crippen LogP contribution is 2.49. The van der Waals surface area contributed by atoms with Gasteiger partial charge in [-0.05, 0) is 24.5 Å². The SMILES string of the molecule is CC1(C)Cc2ccccc2C1(C)O. The summed E-state index contributed by atoms with van der Waals surface area (Å²) in [6.45, 7) is 6.15. The molecule has 1 aliphatic rings. The van der Waals surface area contributed by atoms with E-state index < -0.39 is 5.60 Å². The molecule has 1 nitrogen and oxygen atoms in total. The fourth-order valence-electron chi connectivity index (χ4n) is 2.16. The van der Waals surface area contributed by atoms with Crippen molar-refractivity contribution in [1.29, 1.82) is 0 Å². The molecule has 1 N–H and O–H groups in total. The quantitative estimate of drug-likeness (QED) is 0.644. The summed E-state index contributed by atoms with van der Waals surface area (Å²) in [5.74, 6) is 0. The summed E-state index contributed by atoms with van der Waals surface area (Å²) in [6.07, 6.45) is 0.968. The largest absolute Gasteiger partial charge is 0.385 e. The molecule has 0 fully saturated rings. The Morgan fingerprint density at radius 3 is 2.38 bits per heavy atom. The highest BCUT2D eigenvalue weighted by Gasteiger charge is 2.47. The van der Waals surface area contributed by atoms with Crippen LogP contribution >= 0.6 is 0 Å². The van der Waals surface area contributed by atoms with E-state index in [1.54, 1.807) is 0 Å². The Bertz CT molecular complexity index is 337. The van der Waals surface area contributed by atoms with Crippen LogP contribution in [0.3, 0.4) is 0 Å². The van der Waals surface area contributed by atoms with Gasteiger partial charge >= 0.3 is 0 Å². The molecule has 0 amide bonds. The van der Waals surface area contributed by atoms with Gasteiger partial charge in [-0.15, -0.1) is 0 Å². The lowest BCUT2D eigenvalue weighted by Gasteiger charge is -2.33. The van der Waals surface area contributed by atoms with E-state index in [-0.39, 0.29) is 5.41 Å². The lowest BCUT2D eigenvalue weighted by atomic mass is 9.77. The highest BCUT2D eigenvalue weighted by atomic mass is 16.3.